The Kier molecular flexibility index (Phi) is 4.22. The molecule has 0 amide bonds. The molecule has 104 valence electrons. The van der Waals surface area contributed by atoms with Gasteiger partial charge < -0.3 is 10.4 Å². The summed E-state index contributed by atoms with van der Waals surface area (Å²) in [4.78, 5) is 2.55. The van der Waals surface area contributed by atoms with Crippen LogP contribution in [0.1, 0.15) is 51.4 Å². The first kappa shape index (κ1) is 12.9. The molecule has 1 aliphatic heterocycles. The average Bonchev–Trinajstić information content (AvgIpc) is 3.22. The SMILES string of the molecule is OC1CCCCC1N1CCC(NCC2CC2)CC1. The van der Waals surface area contributed by atoms with Crippen molar-refractivity contribution in [2.45, 2.75) is 69.6 Å². The fourth-order valence-electron chi connectivity index (χ4n) is 3.61. The number of aliphatic hydroxyl groups is 1. The predicted octanol–water partition coefficient (Wildman–Crippen LogP) is 1.75. The summed E-state index contributed by atoms with van der Waals surface area (Å²) in [7, 11) is 0. The molecule has 2 N–H and O–H groups in total. The summed E-state index contributed by atoms with van der Waals surface area (Å²) in [5.74, 6) is 0.989. The molecule has 3 heteroatoms. The van der Waals surface area contributed by atoms with Crippen molar-refractivity contribution >= 4 is 0 Å². The van der Waals surface area contributed by atoms with Crippen LogP contribution in [0.4, 0.5) is 0 Å². The molecule has 1 saturated heterocycles. The van der Waals surface area contributed by atoms with Crippen molar-refractivity contribution in [2.75, 3.05) is 19.6 Å². The maximum Gasteiger partial charge on any atom is 0.0695 e. The van der Waals surface area contributed by atoms with Crippen molar-refractivity contribution in [3.05, 3.63) is 0 Å². The van der Waals surface area contributed by atoms with Gasteiger partial charge in [-0.1, -0.05) is 12.8 Å². The minimum atomic E-state index is -0.0604. The van der Waals surface area contributed by atoms with Crippen LogP contribution in [0, 0.1) is 5.92 Å². The first-order chi connectivity index (χ1) is 8.83. The summed E-state index contributed by atoms with van der Waals surface area (Å²) in [6.07, 6.45) is 10.1. The first-order valence-corrected chi connectivity index (χ1v) is 7.98. The maximum absolute atomic E-state index is 10.1. The van der Waals surface area contributed by atoms with E-state index >= 15 is 0 Å². The fraction of sp³-hybridized carbons (Fsp3) is 1.00. The maximum atomic E-state index is 10.1. The topological polar surface area (TPSA) is 35.5 Å². The number of aliphatic hydroxyl groups excluding tert-OH is 1. The molecule has 3 fully saturated rings. The van der Waals surface area contributed by atoms with Gasteiger partial charge in [0.1, 0.15) is 0 Å². The number of nitrogens with one attached hydrogen (secondary N) is 1. The van der Waals surface area contributed by atoms with Gasteiger partial charge in [0.15, 0.2) is 0 Å². The summed E-state index contributed by atoms with van der Waals surface area (Å²) < 4.78 is 0. The zero-order valence-corrected chi connectivity index (χ0v) is 11.5. The van der Waals surface area contributed by atoms with E-state index in [2.05, 4.69) is 10.2 Å². The standard InChI is InChI=1S/C15H28N2O/c18-15-4-2-1-3-14(15)17-9-7-13(8-10-17)16-11-12-5-6-12/h12-16,18H,1-11H2. The summed E-state index contributed by atoms with van der Waals surface area (Å²) >= 11 is 0. The lowest BCUT2D eigenvalue weighted by molar-refractivity contribution is 0.00719. The van der Waals surface area contributed by atoms with E-state index < -0.39 is 0 Å². The molecule has 1 heterocycles. The van der Waals surface area contributed by atoms with Crippen LogP contribution in [0.5, 0.6) is 0 Å². The minimum Gasteiger partial charge on any atom is -0.391 e. The number of piperidine rings is 1. The molecule has 2 saturated carbocycles. The Bertz CT molecular complexity index is 259. The van der Waals surface area contributed by atoms with E-state index in [-0.39, 0.29) is 6.10 Å². The van der Waals surface area contributed by atoms with E-state index in [0.717, 1.165) is 18.4 Å². The number of likely N-dealkylation sites (tertiary alicyclic amines) is 1. The molecule has 18 heavy (non-hydrogen) atoms. The Morgan fingerprint density at radius 3 is 2.33 bits per heavy atom. The van der Waals surface area contributed by atoms with E-state index in [1.54, 1.807) is 0 Å². The van der Waals surface area contributed by atoms with Gasteiger partial charge in [0.05, 0.1) is 6.10 Å². The normalized spacial score (nSPS) is 35.8. The van der Waals surface area contributed by atoms with Gasteiger partial charge in [0, 0.05) is 25.2 Å². The second-order valence-electron chi connectivity index (χ2n) is 6.58. The highest BCUT2D eigenvalue weighted by molar-refractivity contribution is 4.88. The van der Waals surface area contributed by atoms with Crippen molar-refractivity contribution in [3.63, 3.8) is 0 Å². The van der Waals surface area contributed by atoms with Crippen molar-refractivity contribution < 1.29 is 5.11 Å². The third-order valence-corrected chi connectivity index (χ3v) is 5.08. The summed E-state index contributed by atoms with van der Waals surface area (Å²) in [5, 5.41) is 13.8. The Morgan fingerprint density at radius 2 is 1.67 bits per heavy atom. The lowest BCUT2D eigenvalue weighted by Gasteiger charge is -2.41. The fourth-order valence-corrected chi connectivity index (χ4v) is 3.61. The second kappa shape index (κ2) is 5.89. The summed E-state index contributed by atoms with van der Waals surface area (Å²) in [5.41, 5.74) is 0. The van der Waals surface area contributed by atoms with Gasteiger partial charge >= 0.3 is 0 Å². The van der Waals surface area contributed by atoms with E-state index in [1.165, 1.54) is 64.6 Å². The largest absolute Gasteiger partial charge is 0.391 e. The van der Waals surface area contributed by atoms with E-state index in [4.69, 9.17) is 0 Å². The highest BCUT2D eigenvalue weighted by Gasteiger charge is 2.31. The summed E-state index contributed by atoms with van der Waals surface area (Å²) in [6, 6.07) is 1.20. The van der Waals surface area contributed by atoms with Crippen molar-refractivity contribution in [1.82, 2.24) is 10.2 Å². The molecule has 0 radical (unpaired) electrons. The van der Waals surface area contributed by atoms with Gasteiger partial charge in [-0.05, 0) is 51.0 Å². The zero-order valence-electron chi connectivity index (χ0n) is 11.5. The Labute approximate surface area is 111 Å². The zero-order chi connectivity index (χ0) is 12.4. The monoisotopic (exact) mass is 252 g/mol. The van der Waals surface area contributed by atoms with Gasteiger partial charge in [-0.3, -0.25) is 4.90 Å². The number of nitrogens with zero attached hydrogens (tertiary/aromatic N) is 1. The van der Waals surface area contributed by atoms with Crippen molar-refractivity contribution in [3.8, 4) is 0 Å². The molecule has 2 unspecified atom stereocenters. The molecular weight excluding hydrogens is 224 g/mol. The second-order valence-corrected chi connectivity index (χ2v) is 6.58. The molecule has 3 aliphatic rings. The molecular formula is C15H28N2O. The predicted molar refractivity (Wildman–Crippen MR) is 73.6 cm³/mol. The summed E-state index contributed by atoms with van der Waals surface area (Å²) in [6.45, 7) is 3.62. The van der Waals surface area contributed by atoms with Crippen LogP contribution in [0.25, 0.3) is 0 Å². The van der Waals surface area contributed by atoms with Crippen LogP contribution >= 0.6 is 0 Å². The molecule has 2 atom stereocenters. The molecule has 2 aliphatic carbocycles. The quantitative estimate of drug-likeness (QED) is 0.800. The molecule has 0 bridgehead atoms. The highest BCUT2D eigenvalue weighted by Crippen LogP contribution is 2.29. The number of hydrogen-bond donors (Lipinski definition) is 2. The molecule has 0 aromatic rings. The van der Waals surface area contributed by atoms with Crippen LogP contribution in [-0.4, -0.2) is 47.8 Å². The van der Waals surface area contributed by atoms with Crippen molar-refractivity contribution in [2.24, 2.45) is 5.92 Å². The molecule has 0 aromatic carbocycles. The van der Waals surface area contributed by atoms with Crippen LogP contribution in [0.15, 0.2) is 0 Å². The van der Waals surface area contributed by atoms with Gasteiger partial charge in [0.25, 0.3) is 0 Å². The Balaban J connectivity index is 1.40. The van der Waals surface area contributed by atoms with Crippen LogP contribution in [0.3, 0.4) is 0 Å². The van der Waals surface area contributed by atoms with Gasteiger partial charge in [0.2, 0.25) is 0 Å². The average molecular weight is 252 g/mol. The lowest BCUT2D eigenvalue weighted by Crippen LogP contribution is -2.51. The van der Waals surface area contributed by atoms with Gasteiger partial charge in [-0.2, -0.15) is 0 Å². The minimum absolute atomic E-state index is 0.0604. The Hall–Kier alpha value is -0.120. The molecule has 3 rings (SSSR count). The van der Waals surface area contributed by atoms with Gasteiger partial charge in [-0.15, -0.1) is 0 Å². The van der Waals surface area contributed by atoms with Crippen LogP contribution in [0.2, 0.25) is 0 Å². The van der Waals surface area contributed by atoms with E-state index in [0.29, 0.717) is 6.04 Å². The molecule has 3 nitrogen and oxygen atoms in total. The lowest BCUT2D eigenvalue weighted by atomic mass is 9.89. The van der Waals surface area contributed by atoms with Gasteiger partial charge in [-0.25, -0.2) is 0 Å². The third kappa shape index (κ3) is 3.25. The number of rotatable bonds is 4. The molecule has 0 spiro atoms. The molecule has 0 aromatic heterocycles. The first-order valence-electron chi connectivity index (χ1n) is 7.98. The van der Waals surface area contributed by atoms with E-state index in [1.807, 2.05) is 0 Å². The van der Waals surface area contributed by atoms with Crippen LogP contribution < -0.4 is 5.32 Å². The third-order valence-electron chi connectivity index (χ3n) is 5.08. The van der Waals surface area contributed by atoms with Crippen LogP contribution in [-0.2, 0) is 0 Å². The number of hydrogen-bond acceptors (Lipinski definition) is 3. The smallest absolute Gasteiger partial charge is 0.0695 e. The van der Waals surface area contributed by atoms with E-state index in [9.17, 15) is 5.11 Å². The Morgan fingerprint density at radius 1 is 0.944 bits per heavy atom. The highest BCUT2D eigenvalue weighted by atomic mass is 16.3. The van der Waals surface area contributed by atoms with Crippen molar-refractivity contribution in [1.29, 1.82) is 0 Å².